The van der Waals surface area contributed by atoms with E-state index in [1.54, 1.807) is 6.08 Å². The van der Waals surface area contributed by atoms with Gasteiger partial charge in [-0.25, -0.2) is 0 Å². The number of carbonyl (C=O) groups is 1. The van der Waals surface area contributed by atoms with Crippen LogP contribution in [0.2, 0.25) is 0 Å². The molecule has 0 aromatic heterocycles. The number of allylic oxidation sites excluding steroid dienone is 1. The predicted octanol–water partition coefficient (Wildman–Crippen LogP) is 1.73. The molecule has 0 N–H and O–H groups in total. The fourth-order valence-corrected chi connectivity index (χ4v) is 1.58. The molecule has 0 fully saturated rings. The van der Waals surface area contributed by atoms with Crippen LogP contribution in [0, 0.1) is 0 Å². The number of hydrogen-bond donors (Lipinski definition) is 0. The second-order valence-electron chi connectivity index (χ2n) is 2.15. The highest BCUT2D eigenvalue weighted by Gasteiger charge is 2.20. The SMILES string of the molecule is C=CCOC(=O)C1CC=CS1. The van der Waals surface area contributed by atoms with Gasteiger partial charge >= 0.3 is 5.97 Å². The van der Waals surface area contributed by atoms with Crippen molar-refractivity contribution in [2.45, 2.75) is 11.7 Å². The molecular weight excluding hydrogens is 160 g/mol. The molecule has 0 radical (unpaired) electrons. The van der Waals surface area contributed by atoms with Gasteiger partial charge in [0.2, 0.25) is 0 Å². The first-order valence-electron chi connectivity index (χ1n) is 3.42. The standard InChI is InChI=1S/C8H10O2S/c1-2-5-10-8(9)7-4-3-6-11-7/h2-3,6-7H,1,4-5H2. The van der Waals surface area contributed by atoms with Gasteiger partial charge in [0.05, 0.1) is 0 Å². The number of esters is 1. The van der Waals surface area contributed by atoms with E-state index in [0.29, 0.717) is 6.61 Å². The predicted molar refractivity (Wildman–Crippen MR) is 46.3 cm³/mol. The normalized spacial score (nSPS) is 21.6. The molecule has 0 spiro atoms. The Morgan fingerprint density at radius 1 is 1.91 bits per heavy atom. The van der Waals surface area contributed by atoms with Crippen LogP contribution in [0.3, 0.4) is 0 Å². The number of hydrogen-bond acceptors (Lipinski definition) is 3. The van der Waals surface area contributed by atoms with E-state index in [0.717, 1.165) is 6.42 Å². The van der Waals surface area contributed by atoms with Gasteiger partial charge in [-0.3, -0.25) is 4.79 Å². The van der Waals surface area contributed by atoms with E-state index in [9.17, 15) is 4.79 Å². The summed E-state index contributed by atoms with van der Waals surface area (Å²) in [4.78, 5) is 11.1. The van der Waals surface area contributed by atoms with E-state index in [-0.39, 0.29) is 11.2 Å². The molecule has 60 valence electrons. The van der Waals surface area contributed by atoms with Crippen molar-refractivity contribution in [2.75, 3.05) is 6.61 Å². The third kappa shape index (κ3) is 2.42. The summed E-state index contributed by atoms with van der Waals surface area (Å²) in [5, 5.41) is 1.91. The first-order valence-corrected chi connectivity index (χ1v) is 4.37. The maximum Gasteiger partial charge on any atom is 0.320 e. The van der Waals surface area contributed by atoms with Crippen molar-refractivity contribution in [1.82, 2.24) is 0 Å². The Morgan fingerprint density at radius 3 is 3.27 bits per heavy atom. The lowest BCUT2D eigenvalue weighted by molar-refractivity contribution is -0.141. The largest absolute Gasteiger partial charge is 0.461 e. The first kappa shape index (κ1) is 8.40. The van der Waals surface area contributed by atoms with Gasteiger partial charge in [0, 0.05) is 0 Å². The molecule has 0 bridgehead atoms. The van der Waals surface area contributed by atoms with Crippen molar-refractivity contribution in [3.05, 3.63) is 24.1 Å². The lowest BCUT2D eigenvalue weighted by atomic mass is 10.3. The highest BCUT2D eigenvalue weighted by molar-refractivity contribution is 8.03. The second-order valence-corrected chi connectivity index (χ2v) is 3.26. The zero-order valence-corrected chi connectivity index (χ0v) is 6.97. The smallest absolute Gasteiger partial charge is 0.320 e. The minimum Gasteiger partial charge on any atom is -0.461 e. The molecule has 2 nitrogen and oxygen atoms in total. The van der Waals surface area contributed by atoms with Crippen molar-refractivity contribution < 1.29 is 9.53 Å². The van der Waals surface area contributed by atoms with Crippen LogP contribution in [0.4, 0.5) is 0 Å². The maximum atomic E-state index is 11.1. The fourth-order valence-electron chi connectivity index (χ4n) is 0.771. The molecule has 1 rings (SSSR count). The summed E-state index contributed by atoms with van der Waals surface area (Å²) in [5.41, 5.74) is 0. The zero-order valence-electron chi connectivity index (χ0n) is 6.16. The molecule has 0 saturated carbocycles. The molecule has 1 heterocycles. The number of carbonyl (C=O) groups excluding carboxylic acids is 1. The second kappa shape index (κ2) is 4.23. The summed E-state index contributed by atoms with van der Waals surface area (Å²) in [7, 11) is 0. The van der Waals surface area contributed by atoms with Crippen LogP contribution in [-0.4, -0.2) is 17.8 Å². The minimum absolute atomic E-state index is 0.0186. The van der Waals surface area contributed by atoms with Gasteiger partial charge in [0.25, 0.3) is 0 Å². The van der Waals surface area contributed by atoms with E-state index in [4.69, 9.17) is 4.74 Å². The van der Waals surface area contributed by atoms with Crippen LogP contribution in [0.1, 0.15) is 6.42 Å². The Balaban J connectivity index is 2.24. The summed E-state index contributed by atoms with van der Waals surface area (Å²) in [6.45, 7) is 3.77. The molecule has 1 atom stereocenters. The summed E-state index contributed by atoms with van der Waals surface area (Å²) >= 11 is 1.51. The van der Waals surface area contributed by atoms with Crippen LogP contribution >= 0.6 is 11.8 Å². The van der Waals surface area contributed by atoms with Crippen LogP contribution in [-0.2, 0) is 9.53 Å². The van der Waals surface area contributed by atoms with Gasteiger partial charge in [-0.1, -0.05) is 18.7 Å². The van der Waals surface area contributed by atoms with Gasteiger partial charge in [0.1, 0.15) is 11.9 Å². The molecule has 1 aliphatic rings. The van der Waals surface area contributed by atoms with E-state index in [2.05, 4.69) is 6.58 Å². The Bertz CT molecular complexity index is 179. The molecule has 11 heavy (non-hydrogen) atoms. The summed E-state index contributed by atoms with van der Waals surface area (Å²) in [6.07, 6.45) is 4.34. The zero-order chi connectivity index (χ0) is 8.10. The number of rotatable bonds is 3. The molecule has 0 aliphatic carbocycles. The third-order valence-corrected chi connectivity index (χ3v) is 2.36. The fraction of sp³-hybridized carbons (Fsp3) is 0.375. The van der Waals surface area contributed by atoms with Gasteiger partial charge in [0.15, 0.2) is 0 Å². The van der Waals surface area contributed by atoms with Crippen molar-refractivity contribution in [3.63, 3.8) is 0 Å². The molecule has 0 amide bonds. The molecule has 1 aliphatic heterocycles. The number of thioether (sulfide) groups is 1. The first-order chi connectivity index (χ1) is 5.34. The quantitative estimate of drug-likeness (QED) is 0.476. The van der Waals surface area contributed by atoms with Gasteiger partial charge in [-0.2, -0.15) is 0 Å². The van der Waals surface area contributed by atoms with Gasteiger partial charge in [-0.05, 0) is 11.8 Å². The van der Waals surface area contributed by atoms with Crippen LogP contribution in [0.5, 0.6) is 0 Å². The van der Waals surface area contributed by atoms with E-state index < -0.39 is 0 Å². The number of ether oxygens (including phenoxy) is 1. The summed E-state index contributed by atoms with van der Waals surface area (Å²) < 4.78 is 4.86. The average molecular weight is 170 g/mol. The van der Waals surface area contributed by atoms with Crippen molar-refractivity contribution in [3.8, 4) is 0 Å². The highest BCUT2D eigenvalue weighted by atomic mass is 32.2. The molecule has 3 heteroatoms. The Hall–Kier alpha value is -0.700. The van der Waals surface area contributed by atoms with Crippen LogP contribution in [0.25, 0.3) is 0 Å². The molecule has 0 aromatic rings. The summed E-state index contributed by atoms with van der Waals surface area (Å²) in [6, 6.07) is 0. The van der Waals surface area contributed by atoms with Gasteiger partial charge < -0.3 is 4.74 Å². The highest BCUT2D eigenvalue weighted by Crippen LogP contribution is 2.24. The Morgan fingerprint density at radius 2 is 2.73 bits per heavy atom. The van der Waals surface area contributed by atoms with Crippen molar-refractivity contribution in [1.29, 1.82) is 0 Å². The lowest BCUT2D eigenvalue weighted by Crippen LogP contribution is -2.17. The average Bonchev–Trinajstić information content (AvgIpc) is 2.52. The lowest BCUT2D eigenvalue weighted by Gasteiger charge is -2.06. The topological polar surface area (TPSA) is 26.3 Å². The van der Waals surface area contributed by atoms with E-state index in [1.807, 2.05) is 11.5 Å². The van der Waals surface area contributed by atoms with Gasteiger partial charge in [-0.15, -0.1) is 11.8 Å². The molecule has 0 aromatic carbocycles. The van der Waals surface area contributed by atoms with E-state index >= 15 is 0 Å². The van der Waals surface area contributed by atoms with E-state index in [1.165, 1.54) is 11.8 Å². The summed E-state index contributed by atoms with van der Waals surface area (Å²) in [5.74, 6) is -0.139. The monoisotopic (exact) mass is 170 g/mol. The maximum absolute atomic E-state index is 11.1. The minimum atomic E-state index is -0.139. The Labute approximate surface area is 70.3 Å². The van der Waals surface area contributed by atoms with Crippen molar-refractivity contribution >= 4 is 17.7 Å². The molecular formula is C8H10O2S. The van der Waals surface area contributed by atoms with Crippen LogP contribution in [0.15, 0.2) is 24.1 Å². The molecule has 1 unspecified atom stereocenters. The third-order valence-electron chi connectivity index (χ3n) is 1.30. The Kier molecular flexibility index (Phi) is 3.23. The van der Waals surface area contributed by atoms with Crippen LogP contribution < -0.4 is 0 Å². The molecule has 0 saturated heterocycles. The van der Waals surface area contributed by atoms with Crippen molar-refractivity contribution in [2.24, 2.45) is 0 Å².